The Morgan fingerprint density at radius 2 is 1.96 bits per heavy atom. The Kier molecular flexibility index (Phi) is 4.43. The van der Waals surface area contributed by atoms with Crippen molar-refractivity contribution in [2.24, 2.45) is 0 Å². The molecule has 6 heteroatoms. The first-order valence-electron chi connectivity index (χ1n) is 7.84. The van der Waals surface area contributed by atoms with Gasteiger partial charge in [-0.05, 0) is 31.2 Å². The molecule has 2 heterocycles. The molecule has 1 aliphatic rings. The molecule has 0 bridgehead atoms. The maximum Gasteiger partial charge on any atom is 0.227 e. The zero-order valence-corrected chi connectivity index (χ0v) is 13.8. The molecule has 1 saturated heterocycles. The highest BCUT2D eigenvalue weighted by Crippen LogP contribution is 2.26. The first-order chi connectivity index (χ1) is 11.0. The van der Waals surface area contributed by atoms with Gasteiger partial charge in [0, 0.05) is 51.4 Å². The molecule has 0 saturated carbocycles. The predicted octanol–water partition coefficient (Wildman–Crippen LogP) is 2.15. The molecule has 3 rings (SSSR count). The third-order valence-electron chi connectivity index (χ3n) is 4.04. The highest BCUT2D eigenvalue weighted by atomic mass is 19.1. The maximum atomic E-state index is 13.2. The summed E-state index contributed by atoms with van der Waals surface area (Å²) < 4.78 is 13.2. The van der Waals surface area contributed by atoms with Gasteiger partial charge in [-0.1, -0.05) is 0 Å². The van der Waals surface area contributed by atoms with Gasteiger partial charge in [0.05, 0.1) is 5.69 Å². The molecule has 122 valence electrons. The van der Waals surface area contributed by atoms with Crippen LogP contribution in [0.5, 0.6) is 0 Å². The van der Waals surface area contributed by atoms with Crippen LogP contribution in [0.1, 0.15) is 6.92 Å². The lowest BCUT2D eigenvalue weighted by Gasteiger charge is -2.35. The quantitative estimate of drug-likeness (QED) is 0.940. The number of halogens is 1. The zero-order chi connectivity index (χ0) is 16.4. The second-order valence-electron chi connectivity index (χ2n) is 6.06. The Hall–Kier alpha value is -2.21. The van der Waals surface area contributed by atoms with Crippen LogP contribution < -0.4 is 15.1 Å². The Labute approximate surface area is 136 Å². The van der Waals surface area contributed by atoms with Gasteiger partial charge < -0.3 is 15.1 Å². The minimum atomic E-state index is -0.244. The lowest BCUT2D eigenvalue weighted by molar-refractivity contribution is 0.497. The Morgan fingerprint density at radius 1 is 1.22 bits per heavy atom. The number of benzene rings is 1. The second-order valence-corrected chi connectivity index (χ2v) is 6.06. The van der Waals surface area contributed by atoms with Crippen molar-refractivity contribution in [2.75, 3.05) is 43.5 Å². The van der Waals surface area contributed by atoms with Crippen LogP contribution in [0.3, 0.4) is 0 Å². The summed E-state index contributed by atoms with van der Waals surface area (Å²) in [6, 6.07) is 8.78. The van der Waals surface area contributed by atoms with E-state index in [1.165, 1.54) is 12.1 Å². The van der Waals surface area contributed by atoms with E-state index in [2.05, 4.69) is 27.1 Å². The molecule has 0 amide bonds. The van der Waals surface area contributed by atoms with E-state index in [9.17, 15) is 4.39 Å². The summed E-state index contributed by atoms with van der Waals surface area (Å²) >= 11 is 0. The largest absolute Gasteiger partial charge is 0.351 e. The van der Waals surface area contributed by atoms with Gasteiger partial charge in [0.15, 0.2) is 0 Å². The second kappa shape index (κ2) is 6.50. The van der Waals surface area contributed by atoms with E-state index >= 15 is 0 Å². The normalized spacial score (nSPS) is 18.1. The predicted molar refractivity (Wildman–Crippen MR) is 91.4 cm³/mol. The van der Waals surface area contributed by atoms with Gasteiger partial charge in [-0.2, -0.15) is 4.98 Å². The minimum absolute atomic E-state index is 0.244. The van der Waals surface area contributed by atoms with Crippen molar-refractivity contribution in [3.63, 3.8) is 0 Å². The molecule has 1 N–H and O–H groups in total. The van der Waals surface area contributed by atoms with Crippen LogP contribution in [0.15, 0.2) is 30.3 Å². The number of piperazine rings is 1. The van der Waals surface area contributed by atoms with E-state index in [0.717, 1.165) is 36.7 Å². The number of hydrogen-bond donors (Lipinski definition) is 1. The van der Waals surface area contributed by atoms with Gasteiger partial charge in [-0.15, -0.1) is 0 Å². The summed E-state index contributed by atoms with van der Waals surface area (Å²) in [4.78, 5) is 13.5. The van der Waals surface area contributed by atoms with E-state index in [1.54, 1.807) is 12.1 Å². The average Bonchev–Trinajstić information content (AvgIpc) is 2.55. The van der Waals surface area contributed by atoms with Crippen LogP contribution in [-0.2, 0) is 0 Å². The maximum absolute atomic E-state index is 13.2. The lowest BCUT2D eigenvalue weighted by atomic mass is 10.1. The van der Waals surface area contributed by atoms with Crippen molar-refractivity contribution in [2.45, 2.75) is 13.0 Å². The molecule has 1 aromatic heterocycles. The van der Waals surface area contributed by atoms with Gasteiger partial charge in [0.1, 0.15) is 11.6 Å². The van der Waals surface area contributed by atoms with Gasteiger partial charge in [0.25, 0.3) is 0 Å². The molecule has 23 heavy (non-hydrogen) atoms. The molecule has 1 aromatic carbocycles. The molecular formula is C17H22FN5. The van der Waals surface area contributed by atoms with Crippen LogP contribution in [0, 0.1) is 5.82 Å². The summed E-state index contributed by atoms with van der Waals surface area (Å²) in [6.07, 6.45) is 0. The topological polar surface area (TPSA) is 44.3 Å². The van der Waals surface area contributed by atoms with Crippen molar-refractivity contribution in [3.05, 3.63) is 36.1 Å². The summed E-state index contributed by atoms with van der Waals surface area (Å²) in [7, 11) is 3.85. The molecule has 0 spiro atoms. The fourth-order valence-corrected chi connectivity index (χ4v) is 2.72. The van der Waals surface area contributed by atoms with Crippen molar-refractivity contribution in [1.82, 2.24) is 15.3 Å². The van der Waals surface area contributed by atoms with Crippen LogP contribution >= 0.6 is 0 Å². The van der Waals surface area contributed by atoms with Crippen LogP contribution in [0.25, 0.3) is 11.3 Å². The highest BCUT2D eigenvalue weighted by molar-refractivity contribution is 5.65. The number of aromatic nitrogens is 2. The molecule has 0 radical (unpaired) electrons. The molecule has 1 fully saturated rings. The number of nitrogens with one attached hydrogen (secondary N) is 1. The van der Waals surface area contributed by atoms with Crippen LogP contribution in [-0.4, -0.2) is 49.7 Å². The van der Waals surface area contributed by atoms with E-state index in [1.807, 2.05) is 25.1 Å². The van der Waals surface area contributed by atoms with Crippen molar-refractivity contribution >= 4 is 11.8 Å². The summed E-state index contributed by atoms with van der Waals surface area (Å²) in [5.41, 5.74) is 1.70. The summed E-state index contributed by atoms with van der Waals surface area (Å²) in [5, 5.41) is 3.39. The Morgan fingerprint density at radius 3 is 2.61 bits per heavy atom. The van der Waals surface area contributed by atoms with Crippen LogP contribution in [0.2, 0.25) is 0 Å². The van der Waals surface area contributed by atoms with E-state index in [4.69, 9.17) is 0 Å². The highest BCUT2D eigenvalue weighted by Gasteiger charge is 2.21. The fraction of sp³-hybridized carbons (Fsp3) is 0.412. The molecule has 0 unspecified atom stereocenters. The van der Waals surface area contributed by atoms with E-state index in [0.29, 0.717) is 12.0 Å². The van der Waals surface area contributed by atoms with Crippen LogP contribution in [0.4, 0.5) is 16.2 Å². The van der Waals surface area contributed by atoms with E-state index < -0.39 is 0 Å². The number of nitrogens with zero attached hydrogens (tertiary/aromatic N) is 4. The Balaban J connectivity index is 2.04. The third kappa shape index (κ3) is 3.42. The van der Waals surface area contributed by atoms with Gasteiger partial charge in [-0.3, -0.25) is 0 Å². The van der Waals surface area contributed by atoms with E-state index in [-0.39, 0.29) is 5.82 Å². The van der Waals surface area contributed by atoms with Gasteiger partial charge >= 0.3 is 0 Å². The smallest absolute Gasteiger partial charge is 0.227 e. The number of hydrogen-bond acceptors (Lipinski definition) is 5. The van der Waals surface area contributed by atoms with Gasteiger partial charge in [-0.25, -0.2) is 9.37 Å². The third-order valence-corrected chi connectivity index (χ3v) is 4.04. The molecule has 0 aliphatic carbocycles. The van der Waals surface area contributed by atoms with Gasteiger partial charge in [0.2, 0.25) is 5.95 Å². The first kappa shape index (κ1) is 15.7. The zero-order valence-electron chi connectivity index (χ0n) is 13.8. The van der Waals surface area contributed by atoms with Crippen molar-refractivity contribution in [1.29, 1.82) is 0 Å². The minimum Gasteiger partial charge on any atom is -0.351 e. The SMILES string of the molecule is C[C@@H]1CNCCN1c1cc(-c2ccc(F)cc2)nc(N(C)C)n1. The summed E-state index contributed by atoms with van der Waals surface area (Å²) in [5.74, 6) is 1.33. The van der Waals surface area contributed by atoms with Crippen molar-refractivity contribution in [3.8, 4) is 11.3 Å². The average molecular weight is 315 g/mol. The summed E-state index contributed by atoms with van der Waals surface area (Å²) in [6.45, 7) is 4.97. The molecule has 5 nitrogen and oxygen atoms in total. The molecule has 1 atom stereocenters. The number of anilines is 2. The van der Waals surface area contributed by atoms with Crippen molar-refractivity contribution < 1.29 is 4.39 Å². The Bertz CT molecular complexity index is 671. The first-order valence-corrected chi connectivity index (χ1v) is 7.84. The molecule has 2 aromatic rings. The molecule has 1 aliphatic heterocycles. The monoisotopic (exact) mass is 315 g/mol. The lowest BCUT2D eigenvalue weighted by Crippen LogP contribution is -2.50. The fourth-order valence-electron chi connectivity index (χ4n) is 2.72. The standard InChI is InChI=1S/C17H22FN5/c1-12-11-19-8-9-23(12)16-10-15(20-17(21-16)22(2)3)13-4-6-14(18)7-5-13/h4-7,10,12,19H,8-9,11H2,1-3H3/t12-/m1/s1. The molecular weight excluding hydrogens is 293 g/mol. The number of rotatable bonds is 3.